The monoisotopic (exact) mass is 312 g/mol. The van der Waals surface area contributed by atoms with Crippen LogP contribution in [0, 0.1) is 0 Å². The minimum absolute atomic E-state index is 0.169. The van der Waals surface area contributed by atoms with Crippen LogP contribution in [0.4, 0.5) is 0 Å². The van der Waals surface area contributed by atoms with Gasteiger partial charge in [-0.2, -0.15) is 0 Å². The van der Waals surface area contributed by atoms with Crippen LogP contribution in [0.5, 0.6) is 0 Å². The summed E-state index contributed by atoms with van der Waals surface area (Å²) >= 11 is 3.23. The maximum atomic E-state index is 11.9. The van der Waals surface area contributed by atoms with Crippen molar-refractivity contribution in [3.8, 4) is 0 Å². The van der Waals surface area contributed by atoms with Gasteiger partial charge in [-0.1, -0.05) is 19.3 Å². The van der Waals surface area contributed by atoms with E-state index in [2.05, 4.69) is 26.2 Å². The first kappa shape index (κ1) is 13.5. The first-order chi connectivity index (χ1) is 8.59. The number of hydrogen-bond acceptors (Lipinski definition) is 3. The predicted octanol–water partition coefficient (Wildman–Crippen LogP) is 2.27. The number of halogens is 1. The number of aliphatic hydroxyl groups is 1. The summed E-state index contributed by atoms with van der Waals surface area (Å²) in [6, 6.07) is 3.32. The largest absolute Gasteiger partial charge is 0.388 e. The predicted molar refractivity (Wildman–Crippen MR) is 72.3 cm³/mol. The maximum absolute atomic E-state index is 11.9. The second-order valence-electron chi connectivity index (χ2n) is 4.83. The van der Waals surface area contributed by atoms with E-state index in [9.17, 15) is 9.90 Å². The van der Waals surface area contributed by atoms with Crippen LogP contribution >= 0.6 is 15.9 Å². The number of carbonyl (C=O) groups is 1. The molecule has 1 aromatic rings. The molecule has 0 atom stereocenters. The Balaban J connectivity index is 1.92. The number of carbonyl (C=O) groups excluding carboxylic acids is 1. The normalized spacial score (nSPS) is 18.3. The molecule has 0 saturated heterocycles. The Kier molecular flexibility index (Phi) is 4.35. The minimum atomic E-state index is -0.724. The maximum Gasteiger partial charge on any atom is 0.251 e. The van der Waals surface area contributed by atoms with E-state index in [4.69, 9.17) is 0 Å². The van der Waals surface area contributed by atoms with Gasteiger partial charge in [0.05, 0.1) is 5.60 Å². The van der Waals surface area contributed by atoms with Crippen molar-refractivity contribution in [2.45, 2.75) is 37.7 Å². The first-order valence-corrected chi connectivity index (χ1v) is 7.01. The van der Waals surface area contributed by atoms with E-state index in [-0.39, 0.29) is 5.91 Å². The Bertz CT molecular complexity index is 431. The highest BCUT2D eigenvalue weighted by atomic mass is 79.9. The number of aromatic nitrogens is 1. The molecule has 1 heterocycles. The summed E-state index contributed by atoms with van der Waals surface area (Å²) in [5.74, 6) is -0.169. The van der Waals surface area contributed by atoms with Crippen LogP contribution in [0.25, 0.3) is 0 Å². The molecule has 1 fully saturated rings. The van der Waals surface area contributed by atoms with Gasteiger partial charge in [0.2, 0.25) is 0 Å². The van der Waals surface area contributed by atoms with Gasteiger partial charge in [-0.05, 0) is 40.9 Å². The van der Waals surface area contributed by atoms with E-state index in [1.807, 2.05) is 0 Å². The van der Waals surface area contributed by atoms with Crippen LogP contribution in [0.1, 0.15) is 42.5 Å². The Morgan fingerprint density at radius 3 is 2.83 bits per heavy atom. The Labute approximate surface area is 115 Å². The van der Waals surface area contributed by atoms with Gasteiger partial charge in [-0.25, -0.2) is 4.98 Å². The Hall–Kier alpha value is -0.940. The zero-order valence-corrected chi connectivity index (χ0v) is 11.7. The number of amides is 1. The van der Waals surface area contributed by atoms with Crippen molar-refractivity contribution in [3.05, 3.63) is 28.5 Å². The summed E-state index contributed by atoms with van der Waals surface area (Å²) in [6.45, 7) is 0.325. The fourth-order valence-corrected chi connectivity index (χ4v) is 2.64. The van der Waals surface area contributed by atoms with E-state index in [1.54, 1.807) is 18.3 Å². The lowest BCUT2D eigenvalue weighted by Crippen LogP contribution is -2.44. The van der Waals surface area contributed by atoms with Crippen molar-refractivity contribution in [3.63, 3.8) is 0 Å². The SMILES string of the molecule is O=C(NCC1(O)CCCCC1)c1ccnc(Br)c1. The molecule has 1 aromatic heterocycles. The lowest BCUT2D eigenvalue weighted by Gasteiger charge is -2.32. The Morgan fingerprint density at radius 1 is 1.44 bits per heavy atom. The van der Waals surface area contributed by atoms with Crippen LogP contribution in [0.15, 0.2) is 22.9 Å². The first-order valence-electron chi connectivity index (χ1n) is 6.21. The van der Waals surface area contributed by atoms with Crippen molar-refractivity contribution in [2.24, 2.45) is 0 Å². The van der Waals surface area contributed by atoms with Crippen molar-refractivity contribution in [1.29, 1.82) is 0 Å². The molecular weight excluding hydrogens is 296 g/mol. The molecule has 98 valence electrons. The van der Waals surface area contributed by atoms with Gasteiger partial charge >= 0.3 is 0 Å². The zero-order valence-electron chi connectivity index (χ0n) is 10.2. The highest BCUT2D eigenvalue weighted by Gasteiger charge is 2.29. The molecule has 1 aliphatic carbocycles. The summed E-state index contributed by atoms with van der Waals surface area (Å²) in [6.07, 6.45) is 6.36. The third-order valence-corrected chi connectivity index (χ3v) is 3.78. The van der Waals surface area contributed by atoms with Crippen LogP contribution < -0.4 is 5.32 Å². The fourth-order valence-electron chi connectivity index (χ4n) is 2.28. The quantitative estimate of drug-likeness (QED) is 0.842. The molecule has 2 N–H and O–H groups in total. The summed E-state index contributed by atoms with van der Waals surface area (Å²) < 4.78 is 0.631. The van der Waals surface area contributed by atoms with E-state index in [0.29, 0.717) is 16.7 Å². The molecule has 0 spiro atoms. The van der Waals surface area contributed by atoms with Gasteiger partial charge in [0.15, 0.2) is 0 Å². The van der Waals surface area contributed by atoms with Crippen molar-refractivity contribution >= 4 is 21.8 Å². The Morgan fingerprint density at radius 2 is 2.17 bits per heavy atom. The van der Waals surface area contributed by atoms with Crippen molar-refractivity contribution in [1.82, 2.24) is 10.3 Å². The van der Waals surface area contributed by atoms with Crippen molar-refractivity contribution in [2.75, 3.05) is 6.54 Å². The molecule has 1 amide bonds. The van der Waals surface area contributed by atoms with Gasteiger partial charge in [-0.15, -0.1) is 0 Å². The van der Waals surface area contributed by atoms with Crippen molar-refractivity contribution < 1.29 is 9.90 Å². The summed E-state index contributed by atoms with van der Waals surface area (Å²) in [5, 5.41) is 13.1. The molecule has 5 heteroatoms. The van der Waals surface area contributed by atoms with Crippen LogP contribution in [0.2, 0.25) is 0 Å². The lowest BCUT2D eigenvalue weighted by molar-refractivity contribution is 0.00525. The zero-order chi connectivity index (χ0) is 13.0. The topological polar surface area (TPSA) is 62.2 Å². The molecule has 0 aliphatic heterocycles. The van der Waals surface area contributed by atoms with Gasteiger partial charge in [0.25, 0.3) is 5.91 Å². The fraction of sp³-hybridized carbons (Fsp3) is 0.538. The molecule has 18 heavy (non-hydrogen) atoms. The molecule has 0 radical (unpaired) electrons. The van der Waals surface area contributed by atoms with E-state index >= 15 is 0 Å². The van der Waals surface area contributed by atoms with E-state index in [1.165, 1.54) is 6.42 Å². The molecule has 0 aromatic carbocycles. The smallest absolute Gasteiger partial charge is 0.251 e. The van der Waals surface area contributed by atoms with Gasteiger partial charge in [-0.3, -0.25) is 4.79 Å². The molecule has 2 rings (SSSR count). The summed E-state index contributed by atoms with van der Waals surface area (Å²) in [4.78, 5) is 15.9. The minimum Gasteiger partial charge on any atom is -0.388 e. The van der Waals surface area contributed by atoms with E-state index < -0.39 is 5.60 Å². The highest BCUT2D eigenvalue weighted by molar-refractivity contribution is 9.10. The number of hydrogen-bond donors (Lipinski definition) is 2. The van der Waals surface area contributed by atoms with E-state index in [0.717, 1.165) is 25.7 Å². The number of rotatable bonds is 3. The lowest BCUT2D eigenvalue weighted by atomic mass is 9.85. The van der Waals surface area contributed by atoms with Crippen LogP contribution in [-0.4, -0.2) is 28.1 Å². The summed E-state index contributed by atoms with van der Waals surface area (Å²) in [7, 11) is 0. The highest BCUT2D eigenvalue weighted by Crippen LogP contribution is 2.27. The third kappa shape index (κ3) is 3.53. The molecule has 4 nitrogen and oxygen atoms in total. The molecular formula is C13H17BrN2O2. The second-order valence-corrected chi connectivity index (χ2v) is 5.65. The average Bonchev–Trinajstić information content (AvgIpc) is 2.37. The van der Waals surface area contributed by atoms with Gasteiger partial charge < -0.3 is 10.4 Å². The van der Waals surface area contributed by atoms with Crippen LogP contribution in [-0.2, 0) is 0 Å². The molecule has 0 unspecified atom stereocenters. The molecule has 0 bridgehead atoms. The standard InChI is InChI=1S/C13H17BrN2O2/c14-11-8-10(4-7-15-11)12(17)16-9-13(18)5-2-1-3-6-13/h4,7-8,18H,1-3,5-6,9H2,(H,16,17). The number of nitrogens with zero attached hydrogens (tertiary/aromatic N) is 1. The average molecular weight is 313 g/mol. The molecule has 1 saturated carbocycles. The third-order valence-electron chi connectivity index (χ3n) is 3.35. The van der Waals surface area contributed by atoms with Crippen LogP contribution in [0.3, 0.4) is 0 Å². The molecule has 1 aliphatic rings. The summed E-state index contributed by atoms with van der Waals surface area (Å²) in [5.41, 5.74) is -0.172. The number of nitrogens with one attached hydrogen (secondary N) is 1. The second kappa shape index (κ2) is 5.80. The van der Waals surface area contributed by atoms with Gasteiger partial charge in [0.1, 0.15) is 4.60 Å². The van der Waals surface area contributed by atoms with Gasteiger partial charge in [0, 0.05) is 18.3 Å². The number of pyridine rings is 1.